The Morgan fingerprint density at radius 2 is 2.12 bits per heavy atom. The molecule has 0 radical (unpaired) electrons. The third-order valence-electron chi connectivity index (χ3n) is 5.29. The maximum absolute atomic E-state index is 12.1. The Kier molecular flexibility index (Phi) is 4.14. The zero-order chi connectivity index (χ0) is 16.6. The molecule has 0 saturated carbocycles. The minimum Gasteiger partial charge on any atom is -0.378 e. The monoisotopic (exact) mass is 332 g/mol. The van der Waals surface area contributed by atoms with E-state index in [1.807, 2.05) is 18.0 Å². The van der Waals surface area contributed by atoms with Crippen LogP contribution in [0, 0.1) is 0 Å². The minimum absolute atomic E-state index is 0.178. The summed E-state index contributed by atoms with van der Waals surface area (Å²) in [6, 6.07) is 0. The first kappa shape index (κ1) is 15.8. The van der Waals surface area contributed by atoms with Gasteiger partial charge in [0, 0.05) is 44.4 Å². The van der Waals surface area contributed by atoms with E-state index in [9.17, 15) is 4.79 Å². The zero-order valence-corrected chi connectivity index (χ0v) is 14.2. The quantitative estimate of drug-likeness (QED) is 0.795. The Morgan fingerprint density at radius 3 is 2.92 bits per heavy atom. The van der Waals surface area contributed by atoms with Gasteiger partial charge < -0.3 is 19.3 Å². The molecule has 24 heavy (non-hydrogen) atoms. The highest BCUT2D eigenvalue weighted by atomic mass is 16.5. The van der Waals surface area contributed by atoms with Crippen molar-refractivity contribution in [1.29, 1.82) is 0 Å². The first-order chi connectivity index (χ1) is 11.7. The second kappa shape index (κ2) is 6.29. The lowest BCUT2D eigenvalue weighted by Crippen LogP contribution is -2.43. The number of carbonyl (C=O) groups is 1. The van der Waals surface area contributed by atoms with Gasteiger partial charge in [-0.1, -0.05) is 6.92 Å². The van der Waals surface area contributed by atoms with Crippen LogP contribution >= 0.6 is 0 Å². The SMILES string of the molecule is CCC(=O)N1CCC2(COCc3cnc(N4CCOCC4)nc32)C1. The van der Waals surface area contributed by atoms with Crippen molar-refractivity contribution in [3.05, 3.63) is 17.5 Å². The molecular weight excluding hydrogens is 308 g/mol. The fourth-order valence-corrected chi connectivity index (χ4v) is 3.92. The third kappa shape index (κ3) is 2.65. The first-order valence-corrected chi connectivity index (χ1v) is 8.76. The molecule has 0 bridgehead atoms. The Morgan fingerprint density at radius 1 is 1.29 bits per heavy atom. The van der Waals surface area contributed by atoms with Gasteiger partial charge in [-0.3, -0.25) is 4.79 Å². The average Bonchev–Trinajstić information content (AvgIpc) is 3.07. The van der Waals surface area contributed by atoms with E-state index in [0.29, 0.717) is 39.4 Å². The molecule has 130 valence electrons. The highest BCUT2D eigenvalue weighted by Gasteiger charge is 2.46. The molecule has 1 amide bonds. The number of likely N-dealkylation sites (tertiary alicyclic amines) is 1. The number of hydrogen-bond acceptors (Lipinski definition) is 6. The highest BCUT2D eigenvalue weighted by molar-refractivity contribution is 5.76. The summed E-state index contributed by atoms with van der Waals surface area (Å²) in [5, 5.41) is 0. The van der Waals surface area contributed by atoms with Crippen LogP contribution < -0.4 is 4.90 Å². The predicted octanol–water partition coefficient (Wildman–Crippen LogP) is 0.723. The number of nitrogens with zero attached hydrogens (tertiary/aromatic N) is 4. The smallest absolute Gasteiger partial charge is 0.225 e. The Bertz CT molecular complexity index is 632. The van der Waals surface area contributed by atoms with E-state index in [1.165, 1.54) is 0 Å². The van der Waals surface area contributed by atoms with Gasteiger partial charge in [0.25, 0.3) is 0 Å². The lowest BCUT2D eigenvalue weighted by Gasteiger charge is -2.35. The molecule has 1 unspecified atom stereocenters. The summed E-state index contributed by atoms with van der Waals surface area (Å²) < 4.78 is 11.2. The molecule has 0 aromatic carbocycles. The maximum atomic E-state index is 12.1. The van der Waals surface area contributed by atoms with Gasteiger partial charge >= 0.3 is 0 Å². The number of carbonyl (C=O) groups excluding carboxylic acids is 1. The molecule has 7 heteroatoms. The molecule has 7 nitrogen and oxygen atoms in total. The number of aromatic nitrogens is 2. The van der Waals surface area contributed by atoms with E-state index < -0.39 is 0 Å². The predicted molar refractivity (Wildman–Crippen MR) is 87.9 cm³/mol. The van der Waals surface area contributed by atoms with E-state index in [-0.39, 0.29) is 11.3 Å². The summed E-state index contributed by atoms with van der Waals surface area (Å²) in [5.74, 6) is 0.986. The zero-order valence-electron chi connectivity index (χ0n) is 14.2. The van der Waals surface area contributed by atoms with Crippen LogP contribution in [0.15, 0.2) is 6.20 Å². The van der Waals surface area contributed by atoms with E-state index in [2.05, 4.69) is 9.88 Å². The van der Waals surface area contributed by atoms with Gasteiger partial charge in [0.05, 0.1) is 37.5 Å². The highest BCUT2D eigenvalue weighted by Crippen LogP contribution is 2.39. The van der Waals surface area contributed by atoms with Gasteiger partial charge in [-0.15, -0.1) is 0 Å². The van der Waals surface area contributed by atoms with E-state index in [1.54, 1.807) is 0 Å². The topological polar surface area (TPSA) is 67.8 Å². The Hall–Kier alpha value is -1.73. The van der Waals surface area contributed by atoms with Crippen molar-refractivity contribution in [3.8, 4) is 0 Å². The van der Waals surface area contributed by atoms with Gasteiger partial charge in [0.15, 0.2) is 0 Å². The summed E-state index contributed by atoms with van der Waals surface area (Å²) in [6.07, 6.45) is 3.36. The van der Waals surface area contributed by atoms with Crippen molar-refractivity contribution in [2.45, 2.75) is 31.8 Å². The van der Waals surface area contributed by atoms with Crippen molar-refractivity contribution >= 4 is 11.9 Å². The molecule has 0 N–H and O–H groups in total. The van der Waals surface area contributed by atoms with Crippen molar-refractivity contribution < 1.29 is 14.3 Å². The van der Waals surface area contributed by atoms with E-state index in [4.69, 9.17) is 14.5 Å². The molecule has 3 aliphatic rings. The number of morpholine rings is 1. The van der Waals surface area contributed by atoms with Gasteiger partial charge in [0.1, 0.15) is 0 Å². The normalized spacial score (nSPS) is 26.7. The van der Waals surface area contributed by atoms with Crippen LogP contribution in [0.1, 0.15) is 31.0 Å². The fraction of sp³-hybridized carbons (Fsp3) is 0.706. The molecule has 2 fully saturated rings. The van der Waals surface area contributed by atoms with Crippen LogP contribution in [-0.4, -0.2) is 66.8 Å². The Labute approximate surface area is 142 Å². The number of fused-ring (bicyclic) bond motifs is 2. The minimum atomic E-state index is -0.178. The van der Waals surface area contributed by atoms with Crippen molar-refractivity contribution in [3.63, 3.8) is 0 Å². The number of amides is 1. The number of rotatable bonds is 2. The van der Waals surface area contributed by atoms with Crippen LogP contribution in [-0.2, 0) is 26.3 Å². The summed E-state index contributed by atoms with van der Waals surface area (Å²) in [7, 11) is 0. The molecule has 1 atom stereocenters. The second-order valence-corrected chi connectivity index (χ2v) is 6.84. The summed E-state index contributed by atoms with van der Waals surface area (Å²) in [6.45, 7) is 7.66. The van der Waals surface area contributed by atoms with Crippen LogP contribution in [0.25, 0.3) is 0 Å². The third-order valence-corrected chi connectivity index (χ3v) is 5.29. The molecule has 1 spiro atoms. The van der Waals surface area contributed by atoms with Crippen LogP contribution in [0.4, 0.5) is 5.95 Å². The molecule has 1 aromatic rings. The van der Waals surface area contributed by atoms with Gasteiger partial charge in [0.2, 0.25) is 11.9 Å². The summed E-state index contributed by atoms with van der Waals surface area (Å²) in [4.78, 5) is 25.7. The lowest BCUT2D eigenvalue weighted by molar-refractivity contribution is -0.130. The lowest BCUT2D eigenvalue weighted by atomic mass is 9.80. The molecule has 1 aromatic heterocycles. The van der Waals surface area contributed by atoms with Crippen molar-refractivity contribution in [1.82, 2.24) is 14.9 Å². The van der Waals surface area contributed by atoms with Crippen molar-refractivity contribution in [2.75, 3.05) is 50.9 Å². The van der Waals surface area contributed by atoms with Gasteiger partial charge in [-0.25, -0.2) is 9.97 Å². The average molecular weight is 332 g/mol. The molecule has 4 heterocycles. The summed E-state index contributed by atoms with van der Waals surface area (Å²) in [5.41, 5.74) is 1.96. The van der Waals surface area contributed by atoms with Gasteiger partial charge in [-0.05, 0) is 6.42 Å². The number of ether oxygens (including phenoxy) is 2. The van der Waals surface area contributed by atoms with Crippen LogP contribution in [0.2, 0.25) is 0 Å². The molecule has 2 saturated heterocycles. The first-order valence-electron chi connectivity index (χ1n) is 8.76. The summed E-state index contributed by atoms with van der Waals surface area (Å²) >= 11 is 0. The molecule has 3 aliphatic heterocycles. The molecule has 4 rings (SSSR count). The molecular formula is C17H24N4O3. The number of anilines is 1. The number of hydrogen-bond donors (Lipinski definition) is 0. The van der Waals surface area contributed by atoms with E-state index >= 15 is 0 Å². The Balaban J connectivity index is 1.65. The van der Waals surface area contributed by atoms with Crippen molar-refractivity contribution in [2.24, 2.45) is 0 Å². The van der Waals surface area contributed by atoms with Gasteiger partial charge in [-0.2, -0.15) is 0 Å². The maximum Gasteiger partial charge on any atom is 0.225 e. The standard InChI is InChI=1S/C17H24N4O3/c1-2-14(22)21-4-3-17(11-21)12-24-10-13-9-18-16(19-15(13)17)20-5-7-23-8-6-20/h9H,2-8,10-12H2,1H3. The van der Waals surface area contributed by atoms with Crippen LogP contribution in [0.5, 0.6) is 0 Å². The van der Waals surface area contributed by atoms with Crippen LogP contribution in [0.3, 0.4) is 0 Å². The largest absolute Gasteiger partial charge is 0.378 e. The second-order valence-electron chi connectivity index (χ2n) is 6.84. The van der Waals surface area contributed by atoms with E-state index in [0.717, 1.165) is 43.3 Å². The fourth-order valence-electron chi connectivity index (χ4n) is 3.92. The molecule has 0 aliphatic carbocycles.